The van der Waals surface area contributed by atoms with Gasteiger partial charge in [0, 0.05) is 18.4 Å². The van der Waals surface area contributed by atoms with Crippen LogP contribution in [0.25, 0.3) is 6.08 Å². The van der Waals surface area contributed by atoms with Crippen molar-refractivity contribution >= 4 is 11.9 Å². The Morgan fingerprint density at radius 2 is 2.35 bits per heavy atom. The molecule has 0 saturated carbocycles. The van der Waals surface area contributed by atoms with Gasteiger partial charge in [0.25, 0.3) is 0 Å². The summed E-state index contributed by atoms with van der Waals surface area (Å²) in [6, 6.07) is 3.78. The van der Waals surface area contributed by atoms with Crippen LogP contribution in [0.1, 0.15) is 36.3 Å². The van der Waals surface area contributed by atoms with Gasteiger partial charge in [0.2, 0.25) is 5.78 Å². The highest BCUT2D eigenvalue weighted by Crippen LogP contribution is 2.10. The lowest BCUT2D eigenvalue weighted by molar-refractivity contribution is 0.103. The number of imidazole rings is 1. The first kappa shape index (κ1) is 11.4. The van der Waals surface area contributed by atoms with Crippen molar-refractivity contribution < 1.29 is 9.21 Å². The van der Waals surface area contributed by atoms with Crippen molar-refractivity contribution in [1.29, 1.82) is 0 Å². The Labute approximate surface area is 99.6 Å². The molecule has 17 heavy (non-hydrogen) atoms. The fourth-order valence-corrected chi connectivity index (χ4v) is 1.54. The molecule has 2 heterocycles. The predicted octanol–water partition coefficient (Wildman–Crippen LogP) is 2.95. The zero-order valence-electron chi connectivity index (χ0n) is 9.83. The largest absolute Gasteiger partial charge is 0.465 e. The summed E-state index contributed by atoms with van der Waals surface area (Å²) < 4.78 is 6.95. The lowest BCUT2D eigenvalue weighted by Gasteiger charge is -2.08. The van der Waals surface area contributed by atoms with E-state index < -0.39 is 0 Å². The van der Waals surface area contributed by atoms with Gasteiger partial charge >= 0.3 is 0 Å². The van der Waals surface area contributed by atoms with Crippen LogP contribution in [0.5, 0.6) is 0 Å². The number of aromatic nitrogens is 2. The number of hydrogen-bond acceptors (Lipinski definition) is 3. The van der Waals surface area contributed by atoms with E-state index in [0.29, 0.717) is 11.6 Å². The molecule has 2 aromatic heterocycles. The molecule has 4 heteroatoms. The summed E-state index contributed by atoms with van der Waals surface area (Å²) in [5, 5.41) is 0. The van der Waals surface area contributed by atoms with Crippen molar-refractivity contribution in [1.82, 2.24) is 9.55 Å². The normalized spacial score (nSPS) is 11.5. The molecule has 0 aliphatic rings. The topological polar surface area (TPSA) is 48.0 Å². The first-order valence-electron chi connectivity index (χ1n) is 5.47. The summed E-state index contributed by atoms with van der Waals surface area (Å²) in [6.45, 7) is 4.02. The second kappa shape index (κ2) is 4.82. The zero-order chi connectivity index (χ0) is 12.3. The van der Waals surface area contributed by atoms with Crippen LogP contribution in [0.15, 0.2) is 41.3 Å². The number of rotatable bonds is 4. The molecule has 0 bridgehead atoms. The highest BCUT2D eigenvalue weighted by Gasteiger charge is 2.11. The minimum Gasteiger partial charge on any atom is -0.465 e. The summed E-state index contributed by atoms with van der Waals surface area (Å²) in [7, 11) is 0. The molecule has 0 N–H and O–H groups in total. The number of ketones is 1. The van der Waals surface area contributed by atoms with Crippen molar-refractivity contribution in [3.8, 4) is 0 Å². The van der Waals surface area contributed by atoms with Gasteiger partial charge in [0.15, 0.2) is 5.82 Å². The average molecular weight is 230 g/mol. The standard InChI is InChI=1S/C13H14N2O2/c1-10(2)15-8-7-14-13(15)12(16)6-5-11-4-3-9-17-11/h3-10H,1-2H3/b6-5+. The molecule has 0 unspecified atom stereocenters. The molecule has 0 spiro atoms. The van der Waals surface area contributed by atoms with E-state index >= 15 is 0 Å². The van der Waals surface area contributed by atoms with E-state index in [2.05, 4.69) is 4.98 Å². The molecule has 2 rings (SSSR count). The molecular weight excluding hydrogens is 216 g/mol. The molecule has 0 radical (unpaired) electrons. The van der Waals surface area contributed by atoms with E-state index in [1.165, 1.54) is 6.08 Å². The molecule has 0 aromatic carbocycles. The summed E-state index contributed by atoms with van der Waals surface area (Å²) in [5.41, 5.74) is 0. The molecule has 0 amide bonds. The van der Waals surface area contributed by atoms with E-state index in [4.69, 9.17) is 4.42 Å². The Bertz CT molecular complexity index is 521. The van der Waals surface area contributed by atoms with Crippen molar-refractivity contribution in [2.75, 3.05) is 0 Å². The number of furan rings is 1. The number of hydrogen-bond donors (Lipinski definition) is 0. The highest BCUT2D eigenvalue weighted by atomic mass is 16.3. The van der Waals surface area contributed by atoms with E-state index in [-0.39, 0.29) is 11.8 Å². The van der Waals surface area contributed by atoms with Gasteiger partial charge in [-0.3, -0.25) is 4.79 Å². The predicted molar refractivity (Wildman–Crippen MR) is 64.7 cm³/mol. The molecule has 0 fully saturated rings. The minimum absolute atomic E-state index is 0.125. The Hall–Kier alpha value is -2.10. The van der Waals surface area contributed by atoms with Crippen LogP contribution >= 0.6 is 0 Å². The minimum atomic E-state index is -0.125. The van der Waals surface area contributed by atoms with Gasteiger partial charge in [-0.1, -0.05) is 0 Å². The fourth-order valence-electron chi connectivity index (χ4n) is 1.54. The van der Waals surface area contributed by atoms with Crippen LogP contribution in [0.4, 0.5) is 0 Å². The third kappa shape index (κ3) is 2.53. The van der Waals surface area contributed by atoms with Crippen LogP contribution in [-0.4, -0.2) is 15.3 Å². The average Bonchev–Trinajstić information content (AvgIpc) is 2.96. The maximum absolute atomic E-state index is 11.9. The quantitative estimate of drug-likeness (QED) is 0.599. The number of nitrogens with zero attached hydrogens (tertiary/aromatic N) is 2. The highest BCUT2D eigenvalue weighted by molar-refractivity contribution is 6.04. The third-order valence-corrected chi connectivity index (χ3v) is 2.39. The molecule has 0 saturated heterocycles. The molecule has 88 valence electrons. The monoisotopic (exact) mass is 230 g/mol. The van der Waals surface area contributed by atoms with Gasteiger partial charge < -0.3 is 8.98 Å². The Kier molecular flexibility index (Phi) is 3.23. The van der Waals surface area contributed by atoms with Gasteiger partial charge in [0.1, 0.15) is 5.76 Å². The summed E-state index contributed by atoms with van der Waals surface area (Å²) in [6.07, 6.45) is 8.12. The van der Waals surface area contributed by atoms with Gasteiger partial charge in [-0.25, -0.2) is 4.98 Å². The van der Waals surface area contributed by atoms with Crippen molar-refractivity contribution in [3.05, 3.63) is 48.5 Å². The van der Waals surface area contributed by atoms with Crippen molar-refractivity contribution in [3.63, 3.8) is 0 Å². The Balaban J connectivity index is 2.17. The van der Waals surface area contributed by atoms with Crippen molar-refractivity contribution in [2.24, 2.45) is 0 Å². The Morgan fingerprint density at radius 1 is 1.53 bits per heavy atom. The first-order valence-corrected chi connectivity index (χ1v) is 5.47. The molecule has 4 nitrogen and oxygen atoms in total. The number of carbonyl (C=O) groups is 1. The summed E-state index contributed by atoms with van der Waals surface area (Å²) in [5.74, 6) is 0.976. The van der Waals surface area contributed by atoms with Gasteiger partial charge in [-0.05, 0) is 38.1 Å². The molecule has 0 aliphatic heterocycles. The van der Waals surface area contributed by atoms with Crippen LogP contribution in [0, 0.1) is 0 Å². The van der Waals surface area contributed by atoms with Gasteiger partial charge in [0.05, 0.1) is 6.26 Å². The SMILES string of the molecule is CC(C)n1ccnc1C(=O)/C=C/c1ccco1. The number of carbonyl (C=O) groups excluding carboxylic acids is 1. The van der Waals surface area contributed by atoms with Crippen LogP contribution in [0.3, 0.4) is 0 Å². The smallest absolute Gasteiger partial charge is 0.221 e. The lowest BCUT2D eigenvalue weighted by Crippen LogP contribution is -2.09. The van der Waals surface area contributed by atoms with E-state index in [1.807, 2.05) is 18.4 Å². The molecule has 0 atom stereocenters. The summed E-state index contributed by atoms with van der Waals surface area (Å²) >= 11 is 0. The van der Waals surface area contributed by atoms with Crippen LogP contribution in [-0.2, 0) is 0 Å². The molecule has 2 aromatic rings. The molecule has 0 aliphatic carbocycles. The fraction of sp³-hybridized carbons (Fsp3) is 0.231. The van der Waals surface area contributed by atoms with Crippen LogP contribution in [0.2, 0.25) is 0 Å². The molecular formula is C13H14N2O2. The second-order valence-corrected chi connectivity index (χ2v) is 3.96. The first-order chi connectivity index (χ1) is 8.18. The summed E-state index contributed by atoms with van der Waals surface area (Å²) in [4.78, 5) is 16.0. The zero-order valence-corrected chi connectivity index (χ0v) is 9.83. The number of allylic oxidation sites excluding steroid dienone is 1. The third-order valence-electron chi connectivity index (χ3n) is 2.39. The van der Waals surface area contributed by atoms with E-state index in [0.717, 1.165) is 0 Å². The lowest BCUT2D eigenvalue weighted by atomic mass is 10.3. The maximum atomic E-state index is 11.9. The maximum Gasteiger partial charge on any atom is 0.221 e. The van der Waals surface area contributed by atoms with Gasteiger partial charge in [-0.2, -0.15) is 0 Å². The van der Waals surface area contributed by atoms with Crippen molar-refractivity contribution in [2.45, 2.75) is 19.9 Å². The van der Waals surface area contributed by atoms with E-state index in [1.54, 1.807) is 36.9 Å². The van der Waals surface area contributed by atoms with Crippen LogP contribution < -0.4 is 0 Å². The van der Waals surface area contributed by atoms with Gasteiger partial charge in [-0.15, -0.1) is 0 Å². The Morgan fingerprint density at radius 3 is 3.00 bits per heavy atom. The van der Waals surface area contributed by atoms with E-state index in [9.17, 15) is 4.79 Å². The second-order valence-electron chi connectivity index (χ2n) is 3.96.